The predicted molar refractivity (Wildman–Crippen MR) is 134 cm³/mol. The topological polar surface area (TPSA) is 134 Å². The highest BCUT2D eigenvalue weighted by Gasteiger charge is 2.50. The Hall–Kier alpha value is -3.95. The number of aromatic nitrogens is 4. The minimum Gasteiger partial charge on any atom is -0.408 e. The molecule has 3 N–H and O–H groups in total. The lowest BCUT2D eigenvalue weighted by atomic mass is 9.49. The Morgan fingerprint density at radius 1 is 1.03 bits per heavy atom. The third-order valence-electron chi connectivity index (χ3n) is 8.55. The van der Waals surface area contributed by atoms with Gasteiger partial charge in [-0.1, -0.05) is 6.07 Å². The highest BCUT2D eigenvalue weighted by atomic mass is 16.4. The van der Waals surface area contributed by atoms with Gasteiger partial charge >= 0.3 is 5.76 Å². The molecule has 3 aromatic heterocycles. The van der Waals surface area contributed by atoms with Crippen LogP contribution in [0.3, 0.4) is 0 Å². The van der Waals surface area contributed by atoms with Gasteiger partial charge in [0.05, 0.1) is 11.7 Å². The van der Waals surface area contributed by atoms with E-state index in [1.54, 1.807) is 30.5 Å². The number of carbonyl (C=O) groups excluding carboxylic acids is 2. The summed E-state index contributed by atoms with van der Waals surface area (Å²) in [6, 6.07) is 8.38. The van der Waals surface area contributed by atoms with Gasteiger partial charge in [0.2, 0.25) is 0 Å². The number of nitrogens with zero attached hydrogens (tertiary/aromatic N) is 3. The first-order chi connectivity index (χ1) is 17.9. The minimum atomic E-state index is -0.525. The van der Waals surface area contributed by atoms with E-state index in [1.165, 1.54) is 49.1 Å². The molecule has 4 saturated carbocycles. The molecule has 0 saturated heterocycles. The van der Waals surface area contributed by atoms with Crippen molar-refractivity contribution in [2.75, 3.05) is 6.54 Å². The minimum absolute atomic E-state index is 0.144. The second kappa shape index (κ2) is 8.29. The van der Waals surface area contributed by atoms with E-state index < -0.39 is 11.7 Å². The molecule has 4 aliphatic carbocycles. The van der Waals surface area contributed by atoms with Gasteiger partial charge in [0.25, 0.3) is 11.8 Å². The van der Waals surface area contributed by atoms with Gasteiger partial charge in [0.1, 0.15) is 11.4 Å². The van der Waals surface area contributed by atoms with Crippen molar-refractivity contribution in [2.45, 2.75) is 45.1 Å². The zero-order valence-electron chi connectivity index (χ0n) is 20.3. The van der Waals surface area contributed by atoms with E-state index in [4.69, 9.17) is 4.42 Å². The Bertz CT molecular complexity index is 1560. The summed E-state index contributed by atoms with van der Waals surface area (Å²) in [6.45, 7) is 0.891. The van der Waals surface area contributed by atoms with Crippen LogP contribution >= 0.6 is 0 Å². The fourth-order valence-electron chi connectivity index (χ4n) is 7.44. The molecular formula is C27H28N6O4. The lowest BCUT2D eigenvalue weighted by molar-refractivity contribution is -0.0503. The smallest absolute Gasteiger partial charge is 0.408 e. The Morgan fingerprint density at radius 2 is 1.78 bits per heavy atom. The monoisotopic (exact) mass is 500 g/mol. The number of oxazole rings is 1. The molecule has 190 valence electrons. The molecule has 8 rings (SSSR count). The van der Waals surface area contributed by atoms with Crippen molar-refractivity contribution >= 4 is 28.6 Å². The summed E-state index contributed by atoms with van der Waals surface area (Å²) in [6.07, 6.45) is 9.27. The molecule has 4 aromatic rings. The van der Waals surface area contributed by atoms with Crippen LogP contribution in [0.2, 0.25) is 0 Å². The first-order valence-electron chi connectivity index (χ1n) is 13.0. The van der Waals surface area contributed by atoms with Crippen LogP contribution < -0.4 is 16.4 Å². The molecule has 37 heavy (non-hydrogen) atoms. The Labute approximate surface area is 211 Å². The van der Waals surface area contributed by atoms with E-state index in [1.807, 2.05) is 0 Å². The number of rotatable bonds is 6. The second-order valence-electron chi connectivity index (χ2n) is 11.3. The molecule has 10 nitrogen and oxygen atoms in total. The van der Waals surface area contributed by atoms with Crippen LogP contribution in [-0.2, 0) is 6.54 Å². The van der Waals surface area contributed by atoms with Gasteiger partial charge in [-0.3, -0.25) is 14.6 Å². The summed E-state index contributed by atoms with van der Waals surface area (Å²) in [4.78, 5) is 44.8. The lowest BCUT2D eigenvalue weighted by Gasteiger charge is -2.56. The third kappa shape index (κ3) is 4.00. The number of H-pyrrole nitrogens is 1. The van der Waals surface area contributed by atoms with Crippen LogP contribution in [0.5, 0.6) is 0 Å². The number of hydrogen-bond acceptors (Lipinski definition) is 6. The zero-order valence-corrected chi connectivity index (χ0v) is 20.3. The molecule has 4 fully saturated rings. The van der Waals surface area contributed by atoms with Gasteiger partial charge in [0, 0.05) is 25.2 Å². The fraction of sp³-hybridized carbons (Fsp3) is 0.444. The first kappa shape index (κ1) is 22.3. The summed E-state index contributed by atoms with van der Waals surface area (Å²) in [5.74, 6) is 1.27. The van der Waals surface area contributed by atoms with Crippen molar-refractivity contribution in [1.29, 1.82) is 0 Å². The summed E-state index contributed by atoms with van der Waals surface area (Å²) in [5, 5.41) is 10.3. The van der Waals surface area contributed by atoms with E-state index in [0.717, 1.165) is 23.3 Å². The van der Waals surface area contributed by atoms with Gasteiger partial charge < -0.3 is 15.1 Å². The van der Waals surface area contributed by atoms with Crippen molar-refractivity contribution in [3.05, 3.63) is 64.0 Å². The van der Waals surface area contributed by atoms with Gasteiger partial charge in [-0.05, 0) is 79.4 Å². The quantitative estimate of drug-likeness (QED) is 0.373. The number of aromatic amines is 1. The molecule has 2 amide bonds. The standard InChI is InChI=1S/C27H28N6O4/c34-24(28-13-15-1-2-22-19(8-15)32-26(36)37-22)20-9-21(33-23(31-20)3-4-30-33)25(35)29-14-27-10-16-5-17(11-27)7-18(6-16)12-27/h1-4,8-9,16-18H,5-7,10-14H2,(H,28,34)(H,29,35)(H,32,36). The molecule has 0 spiro atoms. The van der Waals surface area contributed by atoms with Gasteiger partial charge in [-0.2, -0.15) is 5.10 Å². The highest BCUT2D eigenvalue weighted by molar-refractivity contribution is 5.98. The molecule has 10 heteroatoms. The number of amides is 2. The van der Waals surface area contributed by atoms with Crippen LogP contribution in [0, 0.1) is 23.2 Å². The highest BCUT2D eigenvalue weighted by Crippen LogP contribution is 2.59. The molecule has 4 aliphatic rings. The van der Waals surface area contributed by atoms with Crippen LogP contribution in [-0.4, -0.2) is 37.9 Å². The maximum Gasteiger partial charge on any atom is 0.417 e. The SMILES string of the molecule is O=C(NCc1ccc2oc(=O)[nH]c2c1)c1cc(C(=O)NCC23CC4CC(CC(C4)C2)C3)n2nccc2n1. The summed E-state index contributed by atoms with van der Waals surface area (Å²) in [7, 11) is 0. The predicted octanol–water partition coefficient (Wildman–Crippen LogP) is 3.04. The molecule has 0 atom stereocenters. The Balaban J connectivity index is 1.08. The van der Waals surface area contributed by atoms with E-state index >= 15 is 0 Å². The van der Waals surface area contributed by atoms with Crippen molar-refractivity contribution in [2.24, 2.45) is 23.2 Å². The number of benzene rings is 1. The lowest BCUT2D eigenvalue weighted by Crippen LogP contribution is -2.51. The molecule has 0 unspecified atom stereocenters. The van der Waals surface area contributed by atoms with Crippen molar-refractivity contribution < 1.29 is 14.0 Å². The molecule has 3 heterocycles. The van der Waals surface area contributed by atoms with Crippen LogP contribution in [0.15, 0.2) is 45.7 Å². The van der Waals surface area contributed by atoms with Gasteiger partial charge in [-0.15, -0.1) is 0 Å². The number of fused-ring (bicyclic) bond motifs is 2. The maximum atomic E-state index is 13.4. The average Bonchev–Trinajstić information content (AvgIpc) is 3.49. The van der Waals surface area contributed by atoms with E-state index in [0.29, 0.717) is 29.0 Å². The zero-order chi connectivity index (χ0) is 25.1. The molecule has 0 radical (unpaired) electrons. The average molecular weight is 501 g/mol. The normalized spacial score (nSPS) is 26.1. The van der Waals surface area contributed by atoms with E-state index in [9.17, 15) is 14.4 Å². The first-order valence-corrected chi connectivity index (χ1v) is 13.0. The third-order valence-corrected chi connectivity index (χ3v) is 8.55. The summed E-state index contributed by atoms with van der Waals surface area (Å²) >= 11 is 0. The van der Waals surface area contributed by atoms with E-state index in [-0.39, 0.29) is 23.6 Å². The molecular weight excluding hydrogens is 472 g/mol. The number of hydrogen-bond donors (Lipinski definition) is 3. The summed E-state index contributed by atoms with van der Waals surface area (Å²) < 4.78 is 6.50. The second-order valence-corrected chi connectivity index (χ2v) is 11.3. The van der Waals surface area contributed by atoms with Crippen LogP contribution in [0.4, 0.5) is 0 Å². The maximum absolute atomic E-state index is 13.4. The van der Waals surface area contributed by atoms with Crippen molar-refractivity contribution in [3.63, 3.8) is 0 Å². The fourth-order valence-corrected chi connectivity index (χ4v) is 7.44. The molecule has 4 bridgehead atoms. The van der Waals surface area contributed by atoms with E-state index in [2.05, 4.69) is 25.7 Å². The molecule has 0 aliphatic heterocycles. The Morgan fingerprint density at radius 3 is 2.54 bits per heavy atom. The van der Waals surface area contributed by atoms with Crippen LogP contribution in [0.1, 0.15) is 65.1 Å². The molecule has 1 aromatic carbocycles. The Kier molecular flexibility index (Phi) is 4.99. The summed E-state index contributed by atoms with van der Waals surface area (Å²) in [5.41, 5.74) is 2.89. The van der Waals surface area contributed by atoms with Gasteiger partial charge in [-0.25, -0.2) is 14.3 Å². The van der Waals surface area contributed by atoms with Gasteiger partial charge in [0.15, 0.2) is 11.2 Å². The largest absolute Gasteiger partial charge is 0.417 e. The number of carbonyl (C=O) groups is 2. The van der Waals surface area contributed by atoms with Crippen LogP contribution in [0.25, 0.3) is 16.7 Å². The number of nitrogens with one attached hydrogen (secondary N) is 3. The van der Waals surface area contributed by atoms with Crippen molar-refractivity contribution in [1.82, 2.24) is 30.2 Å². The van der Waals surface area contributed by atoms with Crippen molar-refractivity contribution in [3.8, 4) is 0 Å².